The van der Waals surface area contributed by atoms with Gasteiger partial charge in [-0.05, 0) is 50.5 Å². The minimum atomic E-state index is -3.37. The van der Waals surface area contributed by atoms with Crippen LogP contribution in [0.1, 0.15) is 48.6 Å². The summed E-state index contributed by atoms with van der Waals surface area (Å²) in [6.07, 6.45) is 2.58. The minimum absolute atomic E-state index is 0.142. The lowest BCUT2D eigenvalue weighted by molar-refractivity contribution is -0.117. The summed E-state index contributed by atoms with van der Waals surface area (Å²) in [5.41, 5.74) is 4.50. The fourth-order valence-corrected chi connectivity index (χ4v) is 6.95. The molecule has 4 heterocycles. The lowest BCUT2D eigenvalue weighted by Crippen LogP contribution is -2.31. The molecule has 0 saturated carbocycles. The van der Waals surface area contributed by atoms with Gasteiger partial charge in [-0.25, -0.2) is 22.1 Å². The van der Waals surface area contributed by atoms with Crippen molar-refractivity contribution in [3.05, 3.63) is 59.5 Å². The van der Waals surface area contributed by atoms with E-state index < -0.39 is 21.9 Å². The standard InChI is InChI=1S/C28H30FN5O5S/c1-16-27(17(2)39-31-16)18-5-6-24-23(11-18)30-28(34(24)20-9-10-32(15-20)40(4,36)37)25-7-8-26(35)33(25)21-12-19(29)13-22(14-21)38-3/h5-6,11-14,20,25H,7-10,15H2,1-4H3/t20-,25+/m1/s1. The summed E-state index contributed by atoms with van der Waals surface area (Å²) < 4.78 is 53.4. The molecule has 10 nitrogen and oxygen atoms in total. The maximum atomic E-state index is 14.5. The fraction of sp³-hybridized carbons (Fsp3) is 0.393. The van der Waals surface area contributed by atoms with Crippen molar-refractivity contribution in [1.29, 1.82) is 0 Å². The van der Waals surface area contributed by atoms with Gasteiger partial charge in [0.1, 0.15) is 23.2 Å². The molecule has 6 rings (SSSR count). The van der Waals surface area contributed by atoms with Gasteiger partial charge in [-0.2, -0.15) is 0 Å². The molecule has 12 heteroatoms. The number of hydrogen-bond donors (Lipinski definition) is 0. The number of rotatable bonds is 6. The average Bonchev–Trinajstić information content (AvgIpc) is 3.67. The zero-order chi connectivity index (χ0) is 28.3. The van der Waals surface area contributed by atoms with E-state index in [2.05, 4.69) is 9.72 Å². The van der Waals surface area contributed by atoms with E-state index in [1.165, 1.54) is 29.8 Å². The maximum Gasteiger partial charge on any atom is 0.227 e. The Morgan fingerprint density at radius 3 is 2.60 bits per heavy atom. The number of aromatic nitrogens is 3. The van der Waals surface area contributed by atoms with Gasteiger partial charge in [-0.15, -0.1) is 0 Å². The molecule has 2 aliphatic heterocycles. The van der Waals surface area contributed by atoms with Gasteiger partial charge in [0.2, 0.25) is 15.9 Å². The fourth-order valence-electron chi connectivity index (χ4n) is 6.07. The Balaban J connectivity index is 1.51. The first-order chi connectivity index (χ1) is 19.0. The Kier molecular flexibility index (Phi) is 6.42. The maximum absolute atomic E-state index is 14.5. The molecule has 4 aromatic rings. The first-order valence-corrected chi connectivity index (χ1v) is 15.0. The van der Waals surface area contributed by atoms with Gasteiger partial charge < -0.3 is 18.7 Å². The number of hydrogen-bond acceptors (Lipinski definition) is 7. The molecular formula is C28H30FN5O5S. The number of anilines is 1. The van der Waals surface area contributed by atoms with E-state index >= 15 is 0 Å². The second-order valence-electron chi connectivity index (χ2n) is 10.5. The number of nitrogens with zero attached hydrogens (tertiary/aromatic N) is 5. The van der Waals surface area contributed by atoms with Gasteiger partial charge in [0, 0.05) is 37.2 Å². The van der Waals surface area contributed by atoms with Crippen LogP contribution in [0.25, 0.3) is 22.2 Å². The third kappa shape index (κ3) is 4.44. The van der Waals surface area contributed by atoms with Crippen molar-refractivity contribution in [2.45, 2.75) is 45.2 Å². The van der Waals surface area contributed by atoms with Crippen LogP contribution in [0.15, 0.2) is 40.9 Å². The van der Waals surface area contributed by atoms with Crippen molar-refractivity contribution in [2.75, 3.05) is 31.4 Å². The predicted octanol–water partition coefficient (Wildman–Crippen LogP) is 4.53. The summed E-state index contributed by atoms with van der Waals surface area (Å²) in [5, 5.41) is 4.08. The van der Waals surface area contributed by atoms with Gasteiger partial charge in [0.05, 0.1) is 47.9 Å². The third-order valence-electron chi connectivity index (χ3n) is 7.88. The topological polar surface area (TPSA) is 111 Å². The summed E-state index contributed by atoms with van der Waals surface area (Å²) >= 11 is 0. The van der Waals surface area contributed by atoms with Crippen LogP contribution in [0, 0.1) is 19.7 Å². The van der Waals surface area contributed by atoms with Crippen molar-refractivity contribution >= 4 is 32.7 Å². The molecule has 0 spiro atoms. The van der Waals surface area contributed by atoms with Crippen LogP contribution >= 0.6 is 0 Å². The van der Waals surface area contributed by atoms with E-state index in [1.54, 1.807) is 11.0 Å². The van der Waals surface area contributed by atoms with Gasteiger partial charge in [-0.3, -0.25) is 4.79 Å². The van der Waals surface area contributed by atoms with Crippen molar-refractivity contribution in [3.63, 3.8) is 0 Å². The van der Waals surface area contributed by atoms with E-state index in [1.807, 2.05) is 32.0 Å². The highest BCUT2D eigenvalue weighted by Crippen LogP contribution is 2.42. The van der Waals surface area contributed by atoms with E-state index in [4.69, 9.17) is 14.2 Å². The Morgan fingerprint density at radius 1 is 1.12 bits per heavy atom. The molecular weight excluding hydrogens is 537 g/mol. The van der Waals surface area contributed by atoms with E-state index in [-0.39, 0.29) is 18.4 Å². The van der Waals surface area contributed by atoms with E-state index in [0.29, 0.717) is 54.5 Å². The number of sulfonamides is 1. The summed E-state index contributed by atoms with van der Waals surface area (Å²) in [7, 11) is -1.92. The number of ether oxygens (including phenoxy) is 1. The molecule has 0 N–H and O–H groups in total. The SMILES string of the molecule is COc1cc(F)cc(N2C(=O)CC[C@H]2c2nc3cc(-c4c(C)noc4C)ccc3n2[C@@H]2CCN(S(C)(=O)=O)C2)c1. The predicted molar refractivity (Wildman–Crippen MR) is 147 cm³/mol. The van der Waals surface area contributed by atoms with Crippen molar-refractivity contribution in [2.24, 2.45) is 0 Å². The number of methoxy groups -OCH3 is 1. The van der Waals surface area contributed by atoms with Crippen LogP contribution in [-0.2, 0) is 14.8 Å². The summed E-state index contributed by atoms with van der Waals surface area (Å²) in [6, 6.07) is 9.50. The van der Waals surface area contributed by atoms with Crippen LogP contribution in [0.4, 0.5) is 10.1 Å². The average molecular weight is 568 g/mol. The highest BCUT2D eigenvalue weighted by atomic mass is 32.2. The third-order valence-corrected chi connectivity index (χ3v) is 9.15. The summed E-state index contributed by atoms with van der Waals surface area (Å²) in [4.78, 5) is 19.8. The highest BCUT2D eigenvalue weighted by Gasteiger charge is 2.40. The van der Waals surface area contributed by atoms with Gasteiger partial charge in [0.25, 0.3) is 0 Å². The summed E-state index contributed by atoms with van der Waals surface area (Å²) in [5.74, 6) is 0.997. The number of halogens is 1. The van der Waals surface area contributed by atoms with Crippen LogP contribution in [-0.4, -0.2) is 59.8 Å². The second-order valence-corrected chi connectivity index (χ2v) is 12.5. The zero-order valence-electron chi connectivity index (χ0n) is 22.7. The normalized spacial score (nSPS) is 20.2. The molecule has 210 valence electrons. The van der Waals surface area contributed by atoms with Crippen molar-refractivity contribution in [1.82, 2.24) is 19.0 Å². The summed E-state index contributed by atoms with van der Waals surface area (Å²) in [6.45, 7) is 4.44. The molecule has 0 aliphatic carbocycles. The Bertz CT molecular complexity index is 1730. The zero-order valence-corrected chi connectivity index (χ0v) is 23.5. The Morgan fingerprint density at radius 2 is 1.93 bits per heavy atom. The highest BCUT2D eigenvalue weighted by molar-refractivity contribution is 7.88. The Hall–Kier alpha value is -3.77. The molecule has 2 aromatic heterocycles. The number of carbonyl (C=O) groups excluding carboxylic acids is 1. The van der Waals surface area contributed by atoms with Gasteiger partial charge in [0.15, 0.2) is 0 Å². The molecule has 1 amide bonds. The number of amides is 1. The number of imidazole rings is 1. The molecule has 2 aromatic carbocycles. The molecule has 2 aliphatic rings. The van der Waals surface area contributed by atoms with Gasteiger partial charge in [-0.1, -0.05) is 11.2 Å². The molecule has 0 radical (unpaired) electrons. The number of aryl methyl sites for hydroxylation is 2. The molecule has 40 heavy (non-hydrogen) atoms. The van der Waals surface area contributed by atoms with Gasteiger partial charge >= 0.3 is 0 Å². The lowest BCUT2D eigenvalue weighted by atomic mass is 10.0. The number of fused-ring (bicyclic) bond motifs is 1. The van der Waals surface area contributed by atoms with Crippen LogP contribution in [0.2, 0.25) is 0 Å². The van der Waals surface area contributed by atoms with Crippen molar-refractivity contribution < 1.29 is 26.9 Å². The monoisotopic (exact) mass is 567 g/mol. The van der Waals surface area contributed by atoms with Crippen LogP contribution in [0.5, 0.6) is 5.75 Å². The molecule has 0 bridgehead atoms. The number of benzene rings is 2. The molecule has 2 fully saturated rings. The van der Waals surface area contributed by atoms with Crippen molar-refractivity contribution in [3.8, 4) is 16.9 Å². The first kappa shape index (κ1) is 26.5. The van der Waals surface area contributed by atoms with E-state index in [9.17, 15) is 17.6 Å². The lowest BCUT2D eigenvalue weighted by Gasteiger charge is -2.27. The van der Waals surface area contributed by atoms with E-state index in [0.717, 1.165) is 22.3 Å². The molecule has 2 atom stereocenters. The quantitative estimate of drug-likeness (QED) is 0.337. The number of carbonyl (C=O) groups is 1. The van der Waals surface area contributed by atoms with Crippen LogP contribution < -0.4 is 9.64 Å². The molecule has 2 saturated heterocycles. The minimum Gasteiger partial charge on any atom is -0.497 e. The largest absolute Gasteiger partial charge is 0.497 e. The first-order valence-electron chi connectivity index (χ1n) is 13.1. The second kappa shape index (κ2) is 9.70. The molecule has 0 unspecified atom stereocenters. The Labute approximate surface area is 231 Å². The smallest absolute Gasteiger partial charge is 0.227 e. The van der Waals surface area contributed by atoms with Crippen LogP contribution in [0.3, 0.4) is 0 Å².